The summed E-state index contributed by atoms with van der Waals surface area (Å²) in [5.74, 6) is 1.02. The standard InChI is InChI=1S/C24H22N2O3S/c1-29-21-13-6-5-12-20(21)26-23(28)16-30-24(26)18-10-7-11-19(15-18)25-22(27)14-17-8-3-2-4-9-17/h2-13,15,24H,14,16H2,1H3,(H,25,27)/t24-/m1/s1. The van der Waals surface area contributed by atoms with E-state index in [0.29, 0.717) is 23.6 Å². The number of nitrogens with zero attached hydrogens (tertiary/aromatic N) is 1. The topological polar surface area (TPSA) is 58.6 Å². The summed E-state index contributed by atoms with van der Waals surface area (Å²) >= 11 is 1.56. The Morgan fingerprint density at radius 3 is 2.63 bits per heavy atom. The maximum atomic E-state index is 12.7. The quantitative estimate of drug-likeness (QED) is 0.633. The van der Waals surface area contributed by atoms with Crippen molar-refractivity contribution in [3.05, 3.63) is 90.0 Å². The first kappa shape index (κ1) is 20.0. The van der Waals surface area contributed by atoms with Crippen molar-refractivity contribution in [2.75, 3.05) is 23.1 Å². The number of para-hydroxylation sites is 2. The Kier molecular flexibility index (Phi) is 6.05. The van der Waals surface area contributed by atoms with E-state index < -0.39 is 0 Å². The zero-order valence-electron chi connectivity index (χ0n) is 16.6. The van der Waals surface area contributed by atoms with Gasteiger partial charge in [-0.05, 0) is 35.4 Å². The largest absolute Gasteiger partial charge is 0.495 e. The molecule has 5 nitrogen and oxygen atoms in total. The zero-order chi connectivity index (χ0) is 20.9. The fraction of sp³-hybridized carbons (Fsp3) is 0.167. The number of carbonyl (C=O) groups is 2. The maximum Gasteiger partial charge on any atom is 0.238 e. The van der Waals surface area contributed by atoms with E-state index in [9.17, 15) is 9.59 Å². The molecule has 2 amide bonds. The van der Waals surface area contributed by atoms with Crippen LogP contribution in [0.5, 0.6) is 5.75 Å². The lowest BCUT2D eigenvalue weighted by Gasteiger charge is -2.26. The van der Waals surface area contributed by atoms with Crippen LogP contribution in [0.15, 0.2) is 78.9 Å². The fourth-order valence-electron chi connectivity index (χ4n) is 3.52. The molecule has 0 unspecified atom stereocenters. The van der Waals surface area contributed by atoms with Gasteiger partial charge in [0.15, 0.2) is 0 Å². The number of hydrogen-bond acceptors (Lipinski definition) is 4. The fourth-order valence-corrected chi connectivity index (χ4v) is 4.68. The minimum atomic E-state index is -0.181. The predicted molar refractivity (Wildman–Crippen MR) is 121 cm³/mol. The molecule has 30 heavy (non-hydrogen) atoms. The van der Waals surface area contributed by atoms with Crippen molar-refractivity contribution < 1.29 is 14.3 Å². The Labute approximate surface area is 180 Å². The number of methoxy groups -OCH3 is 1. The van der Waals surface area contributed by atoms with Crippen LogP contribution >= 0.6 is 11.8 Å². The average molecular weight is 419 g/mol. The molecule has 1 N–H and O–H groups in total. The van der Waals surface area contributed by atoms with Crippen molar-refractivity contribution in [3.8, 4) is 5.75 Å². The molecule has 0 aliphatic carbocycles. The van der Waals surface area contributed by atoms with E-state index in [1.54, 1.807) is 23.8 Å². The lowest BCUT2D eigenvalue weighted by molar-refractivity contribution is -0.116. The Morgan fingerprint density at radius 2 is 1.83 bits per heavy atom. The van der Waals surface area contributed by atoms with Crippen LogP contribution < -0.4 is 15.0 Å². The molecule has 3 aromatic rings. The molecule has 1 aliphatic rings. The van der Waals surface area contributed by atoms with Crippen molar-refractivity contribution in [3.63, 3.8) is 0 Å². The first-order chi connectivity index (χ1) is 14.7. The SMILES string of the molecule is COc1ccccc1N1C(=O)CS[C@@H]1c1cccc(NC(=O)Cc2ccccc2)c1. The van der Waals surface area contributed by atoms with Crippen molar-refractivity contribution in [2.45, 2.75) is 11.8 Å². The second kappa shape index (κ2) is 9.05. The van der Waals surface area contributed by atoms with E-state index in [2.05, 4.69) is 5.32 Å². The summed E-state index contributed by atoms with van der Waals surface area (Å²) < 4.78 is 5.46. The summed E-state index contributed by atoms with van der Waals surface area (Å²) in [6.07, 6.45) is 0.315. The minimum Gasteiger partial charge on any atom is -0.495 e. The highest BCUT2D eigenvalue weighted by Crippen LogP contribution is 2.45. The molecular formula is C24H22N2O3S. The van der Waals surface area contributed by atoms with Gasteiger partial charge in [0.05, 0.1) is 25.0 Å². The molecule has 0 saturated carbocycles. The lowest BCUT2D eigenvalue weighted by atomic mass is 10.1. The van der Waals surface area contributed by atoms with Gasteiger partial charge in [-0.25, -0.2) is 0 Å². The Morgan fingerprint density at radius 1 is 1.07 bits per heavy atom. The molecule has 0 bridgehead atoms. The molecule has 6 heteroatoms. The third-order valence-electron chi connectivity index (χ3n) is 4.88. The number of thioether (sulfide) groups is 1. The van der Waals surface area contributed by atoms with Crippen LogP contribution in [0.2, 0.25) is 0 Å². The highest BCUT2D eigenvalue weighted by atomic mass is 32.2. The molecule has 1 heterocycles. The second-order valence-electron chi connectivity index (χ2n) is 6.93. The van der Waals surface area contributed by atoms with E-state index in [0.717, 1.165) is 16.8 Å². The van der Waals surface area contributed by atoms with Crippen molar-refractivity contribution in [2.24, 2.45) is 0 Å². The van der Waals surface area contributed by atoms with Crippen LogP contribution in [0, 0.1) is 0 Å². The van der Waals surface area contributed by atoms with Crippen molar-refractivity contribution >= 4 is 35.0 Å². The third kappa shape index (κ3) is 4.33. The normalized spacial score (nSPS) is 15.8. The number of nitrogens with one attached hydrogen (secondary N) is 1. The Hall–Kier alpha value is -3.25. The molecule has 1 saturated heterocycles. The number of anilines is 2. The van der Waals surface area contributed by atoms with Crippen LogP contribution in [-0.4, -0.2) is 24.7 Å². The molecule has 0 spiro atoms. The number of amides is 2. The minimum absolute atomic E-state index is 0.0352. The summed E-state index contributed by atoms with van der Waals surface area (Å²) in [7, 11) is 1.60. The van der Waals surface area contributed by atoms with Gasteiger partial charge < -0.3 is 10.1 Å². The predicted octanol–water partition coefficient (Wildman–Crippen LogP) is 4.66. The van der Waals surface area contributed by atoms with Crippen LogP contribution in [-0.2, 0) is 16.0 Å². The molecule has 1 fully saturated rings. The summed E-state index contributed by atoms with van der Waals surface area (Å²) in [4.78, 5) is 26.9. The summed E-state index contributed by atoms with van der Waals surface area (Å²) in [5, 5.41) is 2.79. The molecule has 0 aromatic heterocycles. The number of rotatable bonds is 6. The maximum absolute atomic E-state index is 12.7. The van der Waals surface area contributed by atoms with E-state index >= 15 is 0 Å². The van der Waals surface area contributed by atoms with Gasteiger partial charge in [-0.2, -0.15) is 0 Å². The average Bonchev–Trinajstić information content (AvgIpc) is 3.15. The number of ether oxygens (including phenoxy) is 1. The van der Waals surface area contributed by atoms with Gasteiger partial charge in [0.25, 0.3) is 0 Å². The number of benzene rings is 3. The molecule has 1 aliphatic heterocycles. The second-order valence-corrected chi connectivity index (χ2v) is 8.00. The number of hydrogen-bond donors (Lipinski definition) is 1. The molecular weight excluding hydrogens is 396 g/mol. The van der Waals surface area contributed by atoms with Gasteiger partial charge in [0, 0.05) is 5.69 Å². The van der Waals surface area contributed by atoms with Gasteiger partial charge >= 0.3 is 0 Å². The van der Waals surface area contributed by atoms with E-state index in [1.165, 1.54) is 0 Å². The van der Waals surface area contributed by atoms with Gasteiger partial charge in [-0.3, -0.25) is 14.5 Å². The summed E-state index contributed by atoms with van der Waals surface area (Å²) in [6, 6.07) is 24.8. The molecule has 4 rings (SSSR count). The first-order valence-corrected chi connectivity index (χ1v) is 10.7. The molecule has 1 atom stereocenters. The first-order valence-electron chi connectivity index (χ1n) is 9.66. The van der Waals surface area contributed by atoms with Gasteiger partial charge in [0.2, 0.25) is 11.8 Å². The Bertz CT molecular complexity index is 1060. The van der Waals surface area contributed by atoms with Gasteiger partial charge in [0.1, 0.15) is 11.1 Å². The third-order valence-corrected chi connectivity index (χ3v) is 6.09. The lowest BCUT2D eigenvalue weighted by Crippen LogP contribution is -2.28. The summed E-state index contributed by atoms with van der Waals surface area (Å²) in [6.45, 7) is 0. The Balaban J connectivity index is 1.55. The van der Waals surface area contributed by atoms with Gasteiger partial charge in [-0.1, -0.05) is 54.6 Å². The zero-order valence-corrected chi connectivity index (χ0v) is 17.4. The van der Waals surface area contributed by atoms with Crippen LogP contribution in [0.3, 0.4) is 0 Å². The number of carbonyl (C=O) groups excluding carboxylic acids is 2. The smallest absolute Gasteiger partial charge is 0.238 e. The highest BCUT2D eigenvalue weighted by molar-refractivity contribution is 8.00. The highest BCUT2D eigenvalue weighted by Gasteiger charge is 2.35. The molecule has 152 valence electrons. The van der Waals surface area contributed by atoms with Crippen molar-refractivity contribution in [1.82, 2.24) is 0 Å². The summed E-state index contributed by atoms with van der Waals surface area (Å²) in [5.41, 5.74) is 3.38. The van der Waals surface area contributed by atoms with E-state index in [4.69, 9.17) is 4.74 Å². The van der Waals surface area contributed by atoms with Crippen LogP contribution in [0.25, 0.3) is 0 Å². The van der Waals surface area contributed by atoms with Crippen LogP contribution in [0.1, 0.15) is 16.5 Å². The molecule has 3 aromatic carbocycles. The van der Waals surface area contributed by atoms with E-state index in [1.807, 2.05) is 78.9 Å². The monoisotopic (exact) mass is 418 g/mol. The van der Waals surface area contributed by atoms with Gasteiger partial charge in [-0.15, -0.1) is 11.8 Å². The van der Waals surface area contributed by atoms with Crippen molar-refractivity contribution in [1.29, 1.82) is 0 Å². The molecule has 0 radical (unpaired) electrons. The van der Waals surface area contributed by atoms with Crippen LogP contribution in [0.4, 0.5) is 11.4 Å². The van der Waals surface area contributed by atoms with E-state index in [-0.39, 0.29) is 17.2 Å².